The van der Waals surface area contributed by atoms with Crippen LogP contribution in [0.4, 0.5) is 5.69 Å². The fraction of sp³-hybridized carbons (Fsp3) is 0.286. The van der Waals surface area contributed by atoms with Crippen molar-refractivity contribution in [2.45, 2.75) is 19.9 Å². The number of benzene rings is 1. The van der Waals surface area contributed by atoms with Crippen LogP contribution in [0.25, 0.3) is 0 Å². The molecule has 1 aromatic heterocycles. The van der Waals surface area contributed by atoms with Crippen molar-refractivity contribution in [1.29, 1.82) is 0 Å². The highest BCUT2D eigenvalue weighted by Gasteiger charge is 2.11. The van der Waals surface area contributed by atoms with E-state index in [1.807, 2.05) is 6.92 Å². The van der Waals surface area contributed by atoms with E-state index in [1.165, 1.54) is 0 Å². The highest BCUT2D eigenvalue weighted by Crippen LogP contribution is 2.15. The molecule has 0 saturated heterocycles. The van der Waals surface area contributed by atoms with Gasteiger partial charge >= 0.3 is 0 Å². The van der Waals surface area contributed by atoms with Crippen molar-refractivity contribution in [3.63, 3.8) is 0 Å². The summed E-state index contributed by atoms with van der Waals surface area (Å²) in [6, 6.07) is 8.93. The van der Waals surface area contributed by atoms with Gasteiger partial charge in [0.05, 0.1) is 7.11 Å². The summed E-state index contributed by atoms with van der Waals surface area (Å²) >= 11 is 0. The molecular formula is C14H17N3O2. The first-order valence-electron chi connectivity index (χ1n) is 6.22. The molecule has 0 bridgehead atoms. The number of methoxy groups -OCH3 is 1. The number of aromatic nitrogens is 2. The van der Waals surface area contributed by atoms with Gasteiger partial charge in [0.25, 0.3) is 5.91 Å². The fourth-order valence-corrected chi connectivity index (χ4v) is 1.79. The Morgan fingerprint density at radius 3 is 2.68 bits per heavy atom. The van der Waals surface area contributed by atoms with Gasteiger partial charge in [0.2, 0.25) is 0 Å². The lowest BCUT2D eigenvalue weighted by Crippen LogP contribution is -2.17. The smallest absolute Gasteiger partial charge is 0.273 e. The third kappa shape index (κ3) is 3.13. The molecule has 0 aliphatic carbocycles. The number of ether oxygens (including phenoxy) is 1. The summed E-state index contributed by atoms with van der Waals surface area (Å²) in [4.78, 5) is 12.1. The molecule has 0 fully saturated rings. The van der Waals surface area contributed by atoms with Gasteiger partial charge in [0.15, 0.2) is 0 Å². The Morgan fingerprint density at radius 2 is 2.05 bits per heavy atom. The molecule has 0 unspecified atom stereocenters. The lowest BCUT2D eigenvalue weighted by atomic mass is 10.3. The average Bonchev–Trinajstić information content (AvgIpc) is 2.88. The normalized spacial score (nSPS) is 10.2. The maximum atomic E-state index is 12.1. The van der Waals surface area contributed by atoms with Gasteiger partial charge < -0.3 is 10.1 Å². The third-order valence-electron chi connectivity index (χ3n) is 2.73. The predicted molar refractivity (Wildman–Crippen MR) is 73.5 cm³/mol. The summed E-state index contributed by atoms with van der Waals surface area (Å²) in [5, 5.41) is 6.97. The van der Waals surface area contributed by atoms with Gasteiger partial charge in [0.1, 0.15) is 11.4 Å². The topological polar surface area (TPSA) is 56.2 Å². The molecule has 0 atom stereocenters. The summed E-state index contributed by atoms with van der Waals surface area (Å²) in [6.45, 7) is 2.78. The van der Waals surface area contributed by atoms with Crippen LogP contribution in [0, 0.1) is 0 Å². The van der Waals surface area contributed by atoms with Crippen molar-refractivity contribution in [3.05, 3.63) is 42.2 Å². The van der Waals surface area contributed by atoms with Crippen LogP contribution in [0.2, 0.25) is 0 Å². The first-order chi connectivity index (χ1) is 9.24. The second-order valence-electron chi connectivity index (χ2n) is 4.12. The minimum atomic E-state index is -0.156. The summed E-state index contributed by atoms with van der Waals surface area (Å²) in [5.41, 5.74) is 1.30. The Kier molecular flexibility index (Phi) is 4.18. The molecule has 5 heteroatoms. The van der Waals surface area contributed by atoms with Crippen molar-refractivity contribution in [3.8, 4) is 5.75 Å². The molecule has 0 saturated carbocycles. The van der Waals surface area contributed by atoms with Crippen molar-refractivity contribution in [1.82, 2.24) is 9.78 Å². The zero-order chi connectivity index (χ0) is 13.7. The van der Waals surface area contributed by atoms with Gasteiger partial charge in [-0.15, -0.1) is 0 Å². The third-order valence-corrected chi connectivity index (χ3v) is 2.73. The Hall–Kier alpha value is -2.30. The van der Waals surface area contributed by atoms with Crippen molar-refractivity contribution in [2.24, 2.45) is 0 Å². The molecule has 1 N–H and O–H groups in total. The number of carbonyl (C=O) groups is 1. The first kappa shape index (κ1) is 13.1. The standard InChI is InChI=1S/C14H17N3O2/c1-3-10-17-13(8-9-15-17)14(18)16-11-4-6-12(19-2)7-5-11/h4-9H,3,10H2,1-2H3,(H,16,18). The van der Waals surface area contributed by atoms with E-state index in [0.717, 1.165) is 24.4 Å². The quantitative estimate of drug-likeness (QED) is 0.897. The van der Waals surface area contributed by atoms with Crippen LogP contribution in [0.1, 0.15) is 23.8 Å². The molecule has 1 heterocycles. The number of nitrogens with one attached hydrogen (secondary N) is 1. The summed E-state index contributed by atoms with van der Waals surface area (Å²) in [7, 11) is 1.61. The maximum Gasteiger partial charge on any atom is 0.273 e. The fourth-order valence-electron chi connectivity index (χ4n) is 1.79. The Labute approximate surface area is 112 Å². The number of carbonyl (C=O) groups excluding carboxylic acids is 1. The van der Waals surface area contributed by atoms with Crippen LogP contribution in [0.3, 0.4) is 0 Å². The number of anilines is 1. The molecule has 2 rings (SSSR count). The van der Waals surface area contributed by atoms with E-state index in [4.69, 9.17) is 4.74 Å². The molecule has 100 valence electrons. The van der Waals surface area contributed by atoms with Gasteiger partial charge in [-0.2, -0.15) is 5.10 Å². The first-order valence-corrected chi connectivity index (χ1v) is 6.22. The van der Waals surface area contributed by atoms with Gasteiger partial charge in [0, 0.05) is 18.4 Å². The zero-order valence-corrected chi connectivity index (χ0v) is 11.1. The number of aryl methyl sites for hydroxylation is 1. The second kappa shape index (κ2) is 6.04. The number of amides is 1. The minimum absolute atomic E-state index is 0.156. The molecular weight excluding hydrogens is 242 g/mol. The summed E-state index contributed by atoms with van der Waals surface area (Å²) in [5.74, 6) is 0.602. The van der Waals surface area contributed by atoms with E-state index >= 15 is 0 Å². The Bertz CT molecular complexity index is 546. The predicted octanol–water partition coefficient (Wildman–Crippen LogP) is 2.55. The van der Waals surface area contributed by atoms with E-state index in [1.54, 1.807) is 48.3 Å². The number of nitrogens with zero attached hydrogens (tertiary/aromatic N) is 2. The summed E-state index contributed by atoms with van der Waals surface area (Å²) in [6.07, 6.45) is 2.57. The Morgan fingerprint density at radius 1 is 1.32 bits per heavy atom. The van der Waals surface area contributed by atoms with Crippen LogP contribution >= 0.6 is 0 Å². The van der Waals surface area contributed by atoms with E-state index in [9.17, 15) is 4.79 Å². The van der Waals surface area contributed by atoms with E-state index < -0.39 is 0 Å². The van der Waals surface area contributed by atoms with Gasteiger partial charge in [-0.05, 0) is 36.8 Å². The molecule has 1 aromatic carbocycles. The summed E-state index contributed by atoms with van der Waals surface area (Å²) < 4.78 is 6.78. The number of rotatable bonds is 5. The largest absolute Gasteiger partial charge is 0.497 e. The monoisotopic (exact) mass is 259 g/mol. The van der Waals surface area contributed by atoms with Crippen molar-refractivity contribution < 1.29 is 9.53 Å². The zero-order valence-electron chi connectivity index (χ0n) is 11.1. The maximum absolute atomic E-state index is 12.1. The molecule has 0 aliphatic rings. The van der Waals surface area contributed by atoms with E-state index in [0.29, 0.717) is 5.69 Å². The van der Waals surface area contributed by atoms with Gasteiger partial charge in [-0.1, -0.05) is 6.92 Å². The molecule has 19 heavy (non-hydrogen) atoms. The van der Waals surface area contributed by atoms with E-state index in [2.05, 4.69) is 10.4 Å². The second-order valence-corrected chi connectivity index (χ2v) is 4.12. The molecule has 5 nitrogen and oxygen atoms in total. The number of hydrogen-bond acceptors (Lipinski definition) is 3. The number of hydrogen-bond donors (Lipinski definition) is 1. The highest BCUT2D eigenvalue weighted by atomic mass is 16.5. The van der Waals surface area contributed by atoms with Crippen molar-refractivity contribution in [2.75, 3.05) is 12.4 Å². The molecule has 1 amide bonds. The van der Waals surface area contributed by atoms with Crippen LogP contribution in [0.15, 0.2) is 36.5 Å². The minimum Gasteiger partial charge on any atom is -0.497 e. The van der Waals surface area contributed by atoms with Crippen LogP contribution in [0.5, 0.6) is 5.75 Å². The molecule has 0 aliphatic heterocycles. The van der Waals surface area contributed by atoms with Crippen LogP contribution in [-0.4, -0.2) is 22.8 Å². The SMILES string of the molecule is CCCn1nccc1C(=O)Nc1ccc(OC)cc1. The van der Waals surface area contributed by atoms with Gasteiger partial charge in [-0.25, -0.2) is 0 Å². The lowest BCUT2D eigenvalue weighted by molar-refractivity contribution is 0.101. The lowest BCUT2D eigenvalue weighted by Gasteiger charge is -2.08. The Balaban J connectivity index is 2.09. The molecule has 0 spiro atoms. The van der Waals surface area contributed by atoms with Crippen LogP contribution in [-0.2, 0) is 6.54 Å². The molecule has 0 radical (unpaired) electrons. The average molecular weight is 259 g/mol. The molecule has 2 aromatic rings. The van der Waals surface area contributed by atoms with E-state index in [-0.39, 0.29) is 5.91 Å². The van der Waals surface area contributed by atoms with Crippen LogP contribution < -0.4 is 10.1 Å². The highest BCUT2D eigenvalue weighted by molar-refractivity contribution is 6.03. The van der Waals surface area contributed by atoms with Crippen molar-refractivity contribution >= 4 is 11.6 Å². The van der Waals surface area contributed by atoms with Gasteiger partial charge in [-0.3, -0.25) is 9.48 Å².